The average Bonchev–Trinajstić information content (AvgIpc) is 2.53. The van der Waals surface area contributed by atoms with Crippen molar-refractivity contribution < 1.29 is 0 Å². The van der Waals surface area contributed by atoms with Crippen molar-refractivity contribution >= 4 is 11.4 Å². The van der Waals surface area contributed by atoms with Gasteiger partial charge in [0, 0.05) is 24.5 Å². The Bertz CT molecular complexity index is 611. The quantitative estimate of drug-likeness (QED) is 0.918. The summed E-state index contributed by atoms with van der Waals surface area (Å²) in [5, 5.41) is 12.2. The van der Waals surface area contributed by atoms with Gasteiger partial charge in [0.05, 0.1) is 11.6 Å². The summed E-state index contributed by atoms with van der Waals surface area (Å²) in [5.74, 6) is 0. The highest BCUT2D eigenvalue weighted by Gasteiger charge is 2.06. The molecule has 2 aromatic rings. The van der Waals surface area contributed by atoms with Crippen LogP contribution in [-0.2, 0) is 0 Å². The number of nitrogens with one attached hydrogen (secondary N) is 1. The molecule has 2 aromatic carbocycles. The maximum Gasteiger partial charge on any atom is 0.0992 e. The third-order valence-electron chi connectivity index (χ3n) is 3.58. The highest BCUT2D eigenvalue weighted by molar-refractivity contribution is 5.64. The van der Waals surface area contributed by atoms with E-state index in [4.69, 9.17) is 5.26 Å². The zero-order valence-electron chi connectivity index (χ0n) is 12.1. The van der Waals surface area contributed by atoms with E-state index in [1.807, 2.05) is 38.4 Å². The molecule has 1 atom stereocenters. The van der Waals surface area contributed by atoms with Gasteiger partial charge in [-0.15, -0.1) is 0 Å². The molecule has 0 spiro atoms. The Balaban J connectivity index is 2.24. The molecule has 0 fully saturated rings. The summed E-state index contributed by atoms with van der Waals surface area (Å²) in [4.78, 5) is 2.08. The van der Waals surface area contributed by atoms with E-state index in [9.17, 15) is 0 Å². The fourth-order valence-electron chi connectivity index (χ4n) is 2.09. The largest absolute Gasteiger partial charge is 0.345 e. The summed E-state index contributed by atoms with van der Waals surface area (Å²) in [5.41, 5.74) is 4.05. The highest BCUT2D eigenvalue weighted by Crippen LogP contribution is 2.25. The number of anilines is 2. The topological polar surface area (TPSA) is 39.1 Å². The lowest BCUT2D eigenvalue weighted by Crippen LogP contribution is -2.13. The fourth-order valence-corrected chi connectivity index (χ4v) is 2.09. The molecule has 0 aliphatic heterocycles. The van der Waals surface area contributed by atoms with E-state index in [1.54, 1.807) is 0 Å². The van der Waals surface area contributed by atoms with Crippen molar-refractivity contribution in [1.82, 2.24) is 5.32 Å². The number of rotatable bonds is 4. The summed E-state index contributed by atoms with van der Waals surface area (Å²) in [6, 6.07) is 18.6. The van der Waals surface area contributed by atoms with Gasteiger partial charge < -0.3 is 10.2 Å². The third kappa shape index (κ3) is 2.98. The molecule has 0 heterocycles. The lowest BCUT2D eigenvalue weighted by Gasteiger charge is -2.20. The van der Waals surface area contributed by atoms with Gasteiger partial charge in [-0.25, -0.2) is 0 Å². The summed E-state index contributed by atoms with van der Waals surface area (Å²) in [7, 11) is 3.96. The van der Waals surface area contributed by atoms with Gasteiger partial charge in [-0.1, -0.05) is 18.2 Å². The van der Waals surface area contributed by atoms with E-state index in [-0.39, 0.29) is 0 Å². The SMILES string of the molecule is CNC(C)c1ccc(N(C)c2cccc(C#N)c2)cc1. The molecule has 1 N–H and O–H groups in total. The minimum Gasteiger partial charge on any atom is -0.345 e. The molecule has 0 saturated carbocycles. The molecular formula is C17H19N3. The molecule has 102 valence electrons. The van der Waals surface area contributed by atoms with Crippen LogP contribution >= 0.6 is 0 Å². The third-order valence-corrected chi connectivity index (χ3v) is 3.58. The number of nitrogens with zero attached hydrogens (tertiary/aromatic N) is 2. The molecule has 0 amide bonds. The maximum atomic E-state index is 8.96. The fraction of sp³-hybridized carbons (Fsp3) is 0.235. The van der Waals surface area contributed by atoms with Gasteiger partial charge in [-0.3, -0.25) is 0 Å². The average molecular weight is 265 g/mol. The lowest BCUT2D eigenvalue weighted by atomic mass is 10.1. The van der Waals surface area contributed by atoms with E-state index in [1.165, 1.54) is 5.56 Å². The predicted molar refractivity (Wildman–Crippen MR) is 83.1 cm³/mol. The molecule has 0 bridgehead atoms. The molecule has 3 heteroatoms. The Kier molecular flexibility index (Phi) is 4.39. The van der Waals surface area contributed by atoms with Crippen LogP contribution < -0.4 is 10.2 Å². The Labute approximate surface area is 120 Å². The molecular weight excluding hydrogens is 246 g/mol. The van der Waals surface area contributed by atoms with Crippen molar-refractivity contribution in [3.05, 3.63) is 59.7 Å². The van der Waals surface area contributed by atoms with Gasteiger partial charge in [0.1, 0.15) is 0 Å². The van der Waals surface area contributed by atoms with Crippen LogP contribution in [0.1, 0.15) is 24.1 Å². The minimum atomic E-state index is 0.344. The monoisotopic (exact) mass is 265 g/mol. The Morgan fingerprint density at radius 2 is 1.80 bits per heavy atom. The van der Waals surface area contributed by atoms with Gasteiger partial charge in [-0.2, -0.15) is 5.26 Å². The van der Waals surface area contributed by atoms with Gasteiger partial charge >= 0.3 is 0 Å². The van der Waals surface area contributed by atoms with E-state index in [0.717, 1.165) is 11.4 Å². The predicted octanol–water partition coefficient (Wildman–Crippen LogP) is 3.61. The molecule has 2 rings (SSSR count). The van der Waals surface area contributed by atoms with Crippen LogP contribution in [0.25, 0.3) is 0 Å². The van der Waals surface area contributed by atoms with Gasteiger partial charge in [0.2, 0.25) is 0 Å². The smallest absolute Gasteiger partial charge is 0.0992 e. The van der Waals surface area contributed by atoms with Crippen molar-refractivity contribution in [2.24, 2.45) is 0 Å². The Morgan fingerprint density at radius 1 is 1.10 bits per heavy atom. The standard InChI is InChI=1S/C17H19N3/c1-13(19-2)15-7-9-16(10-8-15)20(3)17-6-4-5-14(11-17)12-18/h4-11,13,19H,1-3H3. The second-order valence-electron chi connectivity index (χ2n) is 4.82. The Hall–Kier alpha value is -2.31. The summed E-state index contributed by atoms with van der Waals surface area (Å²) >= 11 is 0. The highest BCUT2D eigenvalue weighted by atomic mass is 15.1. The summed E-state index contributed by atoms with van der Waals surface area (Å²) in [6.07, 6.45) is 0. The number of hydrogen-bond donors (Lipinski definition) is 1. The number of nitriles is 1. The van der Waals surface area contributed by atoms with Crippen molar-refractivity contribution in [3.63, 3.8) is 0 Å². The molecule has 0 aliphatic rings. The van der Waals surface area contributed by atoms with Crippen LogP contribution in [0.4, 0.5) is 11.4 Å². The zero-order chi connectivity index (χ0) is 14.5. The second-order valence-corrected chi connectivity index (χ2v) is 4.82. The first-order chi connectivity index (χ1) is 9.65. The molecule has 0 radical (unpaired) electrons. The minimum absolute atomic E-state index is 0.344. The Morgan fingerprint density at radius 3 is 2.40 bits per heavy atom. The van der Waals surface area contributed by atoms with Crippen LogP contribution in [0.3, 0.4) is 0 Å². The molecule has 0 saturated heterocycles. The van der Waals surface area contributed by atoms with Crippen LogP contribution in [0, 0.1) is 11.3 Å². The summed E-state index contributed by atoms with van der Waals surface area (Å²) in [6.45, 7) is 2.13. The van der Waals surface area contributed by atoms with Crippen LogP contribution in [-0.4, -0.2) is 14.1 Å². The molecule has 0 aliphatic carbocycles. The summed E-state index contributed by atoms with van der Waals surface area (Å²) < 4.78 is 0. The van der Waals surface area contributed by atoms with Crippen LogP contribution in [0.5, 0.6) is 0 Å². The van der Waals surface area contributed by atoms with Gasteiger partial charge in [0.25, 0.3) is 0 Å². The molecule has 3 nitrogen and oxygen atoms in total. The second kappa shape index (κ2) is 6.23. The van der Waals surface area contributed by atoms with Crippen molar-refractivity contribution in [3.8, 4) is 6.07 Å². The lowest BCUT2D eigenvalue weighted by molar-refractivity contribution is 0.652. The van der Waals surface area contributed by atoms with Crippen molar-refractivity contribution in [2.45, 2.75) is 13.0 Å². The first-order valence-electron chi connectivity index (χ1n) is 6.67. The first-order valence-corrected chi connectivity index (χ1v) is 6.67. The van der Waals surface area contributed by atoms with Gasteiger partial charge in [0.15, 0.2) is 0 Å². The first kappa shape index (κ1) is 14.1. The molecule has 1 unspecified atom stereocenters. The van der Waals surface area contributed by atoms with Crippen LogP contribution in [0.2, 0.25) is 0 Å². The van der Waals surface area contributed by atoms with Gasteiger partial charge in [-0.05, 0) is 49.9 Å². The van der Waals surface area contributed by atoms with E-state index in [0.29, 0.717) is 11.6 Å². The van der Waals surface area contributed by atoms with E-state index < -0.39 is 0 Å². The van der Waals surface area contributed by atoms with Crippen molar-refractivity contribution in [1.29, 1.82) is 5.26 Å². The normalized spacial score (nSPS) is 11.7. The zero-order valence-corrected chi connectivity index (χ0v) is 12.1. The maximum absolute atomic E-state index is 8.96. The van der Waals surface area contributed by atoms with Crippen molar-refractivity contribution in [2.75, 3.05) is 19.0 Å². The van der Waals surface area contributed by atoms with E-state index >= 15 is 0 Å². The number of hydrogen-bond acceptors (Lipinski definition) is 3. The molecule has 20 heavy (non-hydrogen) atoms. The van der Waals surface area contributed by atoms with E-state index in [2.05, 4.69) is 47.5 Å². The number of benzene rings is 2. The molecule has 0 aromatic heterocycles. The van der Waals surface area contributed by atoms with Crippen LogP contribution in [0.15, 0.2) is 48.5 Å².